The van der Waals surface area contributed by atoms with Crippen LogP contribution >= 0.6 is 0 Å². The van der Waals surface area contributed by atoms with Gasteiger partial charge in [-0.15, -0.1) is 0 Å². The normalized spacial score (nSPS) is 12.4. The quantitative estimate of drug-likeness (QED) is 0.546. The van der Waals surface area contributed by atoms with Crippen molar-refractivity contribution in [2.45, 2.75) is 6.10 Å². The Bertz CT molecular complexity index is 1050. The monoisotopic (exact) mass is 312 g/mol. The third-order valence-corrected chi connectivity index (χ3v) is 4.37. The van der Waals surface area contributed by atoms with E-state index in [1.165, 1.54) is 0 Å². The molecule has 0 radical (unpaired) electrons. The number of hydrogen-bond acceptors (Lipinski definition) is 2. The highest BCUT2D eigenvalue weighted by Gasteiger charge is 2.19. The Labute approximate surface area is 140 Å². The van der Waals surface area contributed by atoms with Crippen LogP contribution < -0.4 is 0 Å². The molecule has 0 aliphatic rings. The topological polar surface area (TPSA) is 37.3 Å². The molecule has 1 N–H and O–H groups in total. The Morgan fingerprint density at radius 2 is 1.21 bits per heavy atom. The smallest absolute Gasteiger partial charge is 0.195 e. The van der Waals surface area contributed by atoms with E-state index in [0.717, 1.165) is 21.5 Å². The molecule has 0 aromatic heterocycles. The Morgan fingerprint density at radius 1 is 0.667 bits per heavy atom. The first-order valence-electron chi connectivity index (χ1n) is 7.92. The molecule has 0 bridgehead atoms. The van der Waals surface area contributed by atoms with Crippen LogP contribution in [0.15, 0.2) is 84.9 Å². The van der Waals surface area contributed by atoms with Gasteiger partial charge in [0.2, 0.25) is 0 Å². The van der Waals surface area contributed by atoms with Gasteiger partial charge in [-0.2, -0.15) is 0 Å². The zero-order chi connectivity index (χ0) is 16.5. The number of hydrogen-bond donors (Lipinski definition) is 1. The second-order valence-electron chi connectivity index (χ2n) is 5.94. The second kappa shape index (κ2) is 5.91. The van der Waals surface area contributed by atoms with Gasteiger partial charge in [0.1, 0.15) is 6.10 Å². The first-order valence-corrected chi connectivity index (χ1v) is 7.92. The molecule has 116 valence electrons. The molecule has 2 heteroatoms. The van der Waals surface area contributed by atoms with Crippen molar-refractivity contribution >= 4 is 27.3 Å². The number of aliphatic hydroxyl groups is 1. The van der Waals surface area contributed by atoms with Crippen LogP contribution in [-0.4, -0.2) is 10.9 Å². The molecule has 0 heterocycles. The van der Waals surface area contributed by atoms with Gasteiger partial charge in [-0.25, -0.2) is 0 Å². The van der Waals surface area contributed by atoms with Gasteiger partial charge < -0.3 is 5.11 Å². The minimum absolute atomic E-state index is 0.281. The summed E-state index contributed by atoms with van der Waals surface area (Å²) in [5.41, 5.74) is 1.14. The van der Waals surface area contributed by atoms with E-state index in [4.69, 9.17) is 0 Å². The maximum Gasteiger partial charge on any atom is 0.195 e. The number of benzene rings is 4. The van der Waals surface area contributed by atoms with E-state index in [1.807, 2.05) is 78.9 Å². The van der Waals surface area contributed by atoms with Gasteiger partial charge >= 0.3 is 0 Å². The van der Waals surface area contributed by atoms with Gasteiger partial charge in [-0.1, -0.05) is 72.8 Å². The molecule has 0 spiro atoms. The number of ketones is 1. The molecule has 4 aromatic rings. The van der Waals surface area contributed by atoms with E-state index < -0.39 is 6.10 Å². The molecule has 0 aliphatic carbocycles. The number of carbonyl (C=O) groups excluding carboxylic acids is 1. The molecule has 0 aliphatic heterocycles. The zero-order valence-electron chi connectivity index (χ0n) is 13.0. The van der Waals surface area contributed by atoms with Crippen molar-refractivity contribution in [1.29, 1.82) is 0 Å². The maximum absolute atomic E-state index is 12.7. The Balaban J connectivity index is 1.70. The number of carbonyl (C=O) groups is 1. The van der Waals surface area contributed by atoms with E-state index in [9.17, 15) is 9.90 Å². The summed E-state index contributed by atoms with van der Waals surface area (Å²) in [4.78, 5) is 12.7. The first-order chi connectivity index (χ1) is 11.7. The Hall–Kier alpha value is -2.97. The molecule has 0 saturated carbocycles. The molecule has 0 amide bonds. The third kappa shape index (κ3) is 2.57. The summed E-state index contributed by atoms with van der Waals surface area (Å²) in [5, 5.41) is 14.7. The highest BCUT2D eigenvalue weighted by Crippen LogP contribution is 2.25. The lowest BCUT2D eigenvalue weighted by Gasteiger charge is -2.12. The molecule has 2 nitrogen and oxygen atoms in total. The van der Waals surface area contributed by atoms with Crippen LogP contribution in [0.25, 0.3) is 21.5 Å². The van der Waals surface area contributed by atoms with Crippen molar-refractivity contribution in [3.05, 3.63) is 96.1 Å². The number of Topliss-reactive ketones (excluding diaryl/α,β-unsaturated/α-hetero) is 1. The third-order valence-electron chi connectivity index (χ3n) is 4.37. The largest absolute Gasteiger partial charge is 0.380 e. The van der Waals surface area contributed by atoms with Crippen LogP contribution in [0.4, 0.5) is 0 Å². The van der Waals surface area contributed by atoms with Gasteiger partial charge in [-0.05, 0) is 39.2 Å². The van der Waals surface area contributed by atoms with Crippen LogP contribution in [0.1, 0.15) is 22.0 Å². The van der Waals surface area contributed by atoms with Crippen molar-refractivity contribution in [2.24, 2.45) is 0 Å². The first kappa shape index (κ1) is 14.6. The number of fused-ring (bicyclic) bond motifs is 2. The summed E-state index contributed by atoms with van der Waals surface area (Å²) in [7, 11) is 0. The van der Waals surface area contributed by atoms with Crippen LogP contribution in [0.3, 0.4) is 0 Å². The summed E-state index contributed by atoms with van der Waals surface area (Å²) < 4.78 is 0. The highest BCUT2D eigenvalue weighted by atomic mass is 16.3. The second-order valence-corrected chi connectivity index (χ2v) is 5.94. The highest BCUT2D eigenvalue weighted by molar-refractivity contribution is 6.03. The minimum Gasteiger partial charge on any atom is -0.380 e. The van der Waals surface area contributed by atoms with E-state index in [-0.39, 0.29) is 5.78 Å². The molecule has 0 saturated heterocycles. The van der Waals surface area contributed by atoms with Gasteiger partial charge in [-0.3, -0.25) is 4.79 Å². The Morgan fingerprint density at radius 3 is 1.88 bits per heavy atom. The fraction of sp³-hybridized carbons (Fsp3) is 0.0455. The SMILES string of the molecule is O=C(c1ccc2ccccc2c1)[C@H](O)c1ccc2ccccc2c1. The van der Waals surface area contributed by atoms with Crippen LogP contribution in [0.5, 0.6) is 0 Å². The predicted octanol–water partition coefficient (Wildman–Crippen LogP) is 4.91. The fourth-order valence-corrected chi connectivity index (χ4v) is 3.03. The van der Waals surface area contributed by atoms with Gasteiger partial charge in [0.15, 0.2) is 5.78 Å². The standard InChI is InChI=1S/C22H16O2/c23-21(19-11-9-15-5-1-3-7-17(15)13-19)22(24)20-12-10-16-6-2-4-8-18(16)14-20/h1-14,21,23H/t21-/m1/s1. The molecule has 1 atom stereocenters. The summed E-state index contributed by atoms with van der Waals surface area (Å²) in [5.74, 6) is -0.281. The van der Waals surface area contributed by atoms with Crippen LogP contribution in [0.2, 0.25) is 0 Å². The van der Waals surface area contributed by atoms with Crippen LogP contribution in [-0.2, 0) is 0 Å². The van der Waals surface area contributed by atoms with Crippen LogP contribution in [0, 0.1) is 0 Å². The molecule has 4 rings (SSSR count). The molecular formula is C22H16O2. The maximum atomic E-state index is 12.7. The van der Waals surface area contributed by atoms with E-state index in [0.29, 0.717) is 11.1 Å². The van der Waals surface area contributed by atoms with Gasteiger partial charge in [0.25, 0.3) is 0 Å². The molecular weight excluding hydrogens is 296 g/mol. The Kier molecular flexibility index (Phi) is 3.60. The van der Waals surface area contributed by atoms with Crippen molar-refractivity contribution in [3.63, 3.8) is 0 Å². The van der Waals surface area contributed by atoms with Crippen molar-refractivity contribution < 1.29 is 9.90 Å². The van der Waals surface area contributed by atoms with Crippen molar-refractivity contribution in [2.75, 3.05) is 0 Å². The summed E-state index contributed by atoms with van der Waals surface area (Å²) >= 11 is 0. The molecule has 4 aromatic carbocycles. The summed E-state index contributed by atoms with van der Waals surface area (Å²) in [6, 6.07) is 26.9. The molecule has 0 unspecified atom stereocenters. The molecule has 0 fully saturated rings. The summed E-state index contributed by atoms with van der Waals surface area (Å²) in [6.45, 7) is 0. The number of rotatable bonds is 3. The van der Waals surface area contributed by atoms with Crippen molar-refractivity contribution in [3.8, 4) is 0 Å². The minimum atomic E-state index is -1.16. The van der Waals surface area contributed by atoms with E-state index in [2.05, 4.69) is 0 Å². The predicted molar refractivity (Wildman–Crippen MR) is 97.2 cm³/mol. The zero-order valence-corrected chi connectivity index (χ0v) is 13.0. The lowest BCUT2D eigenvalue weighted by molar-refractivity contribution is 0.0748. The van der Waals surface area contributed by atoms with Crippen molar-refractivity contribution in [1.82, 2.24) is 0 Å². The average Bonchev–Trinajstić information content (AvgIpc) is 2.66. The lowest BCUT2D eigenvalue weighted by atomic mass is 9.96. The van der Waals surface area contributed by atoms with E-state index >= 15 is 0 Å². The summed E-state index contributed by atoms with van der Waals surface area (Å²) in [6.07, 6.45) is -1.16. The average molecular weight is 312 g/mol. The molecule has 24 heavy (non-hydrogen) atoms. The van der Waals surface area contributed by atoms with E-state index in [1.54, 1.807) is 6.07 Å². The number of aliphatic hydroxyl groups excluding tert-OH is 1. The van der Waals surface area contributed by atoms with Gasteiger partial charge in [0, 0.05) is 5.56 Å². The fourth-order valence-electron chi connectivity index (χ4n) is 3.03. The van der Waals surface area contributed by atoms with Gasteiger partial charge in [0.05, 0.1) is 0 Å². The lowest BCUT2D eigenvalue weighted by Crippen LogP contribution is -2.12.